The largest absolute Gasteiger partial charge is 0.355 e. The number of fused-ring (bicyclic) bond motifs is 1. The Hall–Kier alpha value is -2.48. The van der Waals surface area contributed by atoms with Crippen molar-refractivity contribution in [1.29, 1.82) is 0 Å². The van der Waals surface area contributed by atoms with Crippen LogP contribution in [0.1, 0.15) is 51.5 Å². The average molecular weight is 416 g/mol. The molecule has 1 aliphatic heterocycles. The monoisotopic (exact) mass is 415 g/mol. The van der Waals surface area contributed by atoms with Gasteiger partial charge in [-0.1, -0.05) is 25.3 Å². The smallest absolute Gasteiger partial charge is 0.251 e. The predicted octanol–water partition coefficient (Wildman–Crippen LogP) is 1.15. The highest BCUT2D eigenvalue weighted by Gasteiger charge is 2.44. The molecular formula is C22H33N5O3. The second kappa shape index (κ2) is 10.0. The number of likely N-dealkylation sites (N-methyl/N-ethyl adjacent to an activating group) is 2. The van der Waals surface area contributed by atoms with E-state index in [1.807, 2.05) is 19.1 Å². The summed E-state index contributed by atoms with van der Waals surface area (Å²) in [5.74, 6) is -0.0674. The van der Waals surface area contributed by atoms with Gasteiger partial charge in [-0.3, -0.25) is 19.3 Å². The van der Waals surface area contributed by atoms with Crippen molar-refractivity contribution in [3.8, 4) is 0 Å². The maximum Gasteiger partial charge on any atom is 0.251 e. The minimum absolute atomic E-state index is 0.0573. The topological polar surface area (TPSA) is 103 Å². The number of nitrogens with zero attached hydrogens (tertiary/aromatic N) is 2. The molecule has 1 fully saturated rings. The van der Waals surface area contributed by atoms with Gasteiger partial charge in [0.25, 0.3) is 5.91 Å². The highest BCUT2D eigenvalue weighted by molar-refractivity contribution is 6.06. The third-order valence-corrected chi connectivity index (χ3v) is 6.22. The summed E-state index contributed by atoms with van der Waals surface area (Å²) in [4.78, 5) is 45.2. The van der Waals surface area contributed by atoms with Crippen LogP contribution in [0.15, 0.2) is 18.3 Å². The van der Waals surface area contributed by atoms with Crippen LogP contribution in [0.3, 0.4) is 0 Å². The minimum atomic E-state index is -0.668. The number of pyridine rings is 1. The van der Waals surface area contributed by atoms with Crippen LogP contribution in [0.25, 0.3) is 0 Å². The van der Waals surface area contributed by atoms with E-state index in [9.17, 15) is 14.4 Å². The SMILES string of the molecule is CCNC(=O)C1Cc2cccnc2N1C(=O)C(NC(=O)[C@H](C)NC)C1CCCCC1. The zero-order chi connectivity index (χ0) is 21.7. The predicted molar refractivity (Wildman–Crippen MR) is 115 cm³/mol. The van der Waals surface area contributed by atoms with Crippen molar-refractivity contribution in [2.24, 2.45) is 5.92 Å². The van der Waals surface area contributed by atoms with E-state index in [4.69, 9.17) is 0 Å². The second-order valence-corrected chi connectivity index (χ2v) is 8.20. The molecule has 0 spiro atoms. The van der Waals surface area contributed by atoms with Gasteiger partial charge in [0.1, 0.15) is 17.9 Å². The molecule has 2 heterocycles. The quantitative estimate of drug-likeness (QED) is 0.620. The van der Waals surface area contributed by atoms with Gasteiger partial charge in [0.05, 0.1) is 6.04 Å². The highest BCUT2D eigenvalue weighted by atomic mass is 16.2. The molecule has 8 nitrogen and oxygen atoms in total. The van der Waals surface area contributed by atoms with Crippen molar-refractivity contribution in [3.63, 3.8) is 0 Å². The summed E-state index contributed by atoms with van der Waals surface area (Å²) in [6.45, 7) is 4.11. The zero-order valence-electron chi connectivity index (χ0n) is 18.1. The standard InChI is InChI=1S/C22H33N5O3/c1-4-24-21(29)17-13-16-11-8-12-25-19(16)27(17)22(30)18(15-9-6-5-7-10-15)26-20(28)14(2)23-3/h8,11-12,14-15,17-18,23H,4-7,9-10,13H2,1-3H3,(H,24,29)(H,26,28)/t14-,17?,18?/m0/s1. The zero-order valence-corrected chi connectivity index (χ0v) is 18.1. The lowest BCUT2D eigenvalue weighted by molar-refractivity contribution is -0.131. The molecule has 1 saturated carbocycles. The number of hydrogen-bond donors (Lipinski definition) is 3. The van der Waals surface area contributed by atoms with Crippen molar-refractivity contribution in [3.05, 3.63) is 23.9 Å². The first-order valence-corrected chi connectivity index (χ1v) is 11.0. The lowest BCUT2D eigenvalue weighted by atomic mass is 9.83. The Morgan fingerprint density at radius 3 is 2.63 bits per heavy atom. The number of nitrogens with one attached hydrogen (secondary N) is 3. The van der Waals surface area contributed by atoms with Gasteiger partial charge in [0, 0.05) is 19.2 Å². The Bertz CT molecular complexity index is 778. The number of anilines is 1. The molecular weight excluding hydrogens is 382 g/mol. The Morgan fingerprint density at radius 1 is 1.23 bits per heavy atom. The summed E-state index contributed by atoms with van der Waals surface area (Å²) in [5.41, 5.74) is 0.874. The van der Waals surface area contributed by atoms with Gasteiger partial charge < -0.3 is 16.0 Å². The molecule has 0 aromatic carbocycles. The molecule has 2 unspecified atom stereocenters. The molecule has 2 aliphatic rings. The third kappa shape index (κ3) is 4.64. The van der Waals surface area contributed by atoms with Crippen LogP contribution in [-0.2, 0) is 20.8 Å². The van der Waals surface area contributed by atoms with Crippen molar-refractivity contribution in [2.75, 3.05) is 18.5 Å². The molecule has 0 bridgehead atoms. The van der Waals surface area contributed by atoms with E-state index < -0.39 is 18.1 Å². The van der Waals surface area contributed by atoms with Crippen LogP contribution in [0, 0.1) is 5.92 Å². The number of carbonyl (C=O) groups is 3. The fourth-order valence-corrected chi connectivity index (χ4v) is 4.42. The van der Waals surface area contributed by atoms with Crippen molar-refractivity contribution in [1.82, 2.24) is 20.9 Å². The maximum atomic E-state index is 13.8. The Kier molecular flexibility index (Phi) is 7.42. The lowest BCUT2D eigenvalue weighted by Gasteiger charge is -2.35. The first kappa shape index (κ1) is 22.2. The molecule has 3 rings (SSSR count). The van der Waals surface area contributed by atoms with E-state index in [2.05, 4.69) is 20.9 Å². The summed E-state index contributed by atoms with van der Waals surface area (Å²) in [6, 6.07) is 1.99. The molecule has 164 valence electrons. The van der Waals surface area contributed by atoms with Crippen LogP contribution in [0.4, 0.5) is 5.82 Å². The van der Waals surface area contributed by atoms with Gasteiger partial charge in [-0.05, 0) is 51.3 Å². The molecule has 1 aliphatic carbocycles. The van der Waals surface area contributed by atoms with Gasteiger partial charge in [-0.15, -0.1) is 0 Å². The number of amides is 3. The minimum Gasteiger partial charge on any atom is -0.355 e. The normalized spacial score (nSPS) is 20.9. The van der Waals surface area contributed by atoms with Crippen LogP contribution in [0.5, 0.6) is 0 Å². The number of hydrogen-bond acceptors (Lipinski definition) is 5. The van der Waals surface area contributed by atoms with Gasteiger partial charge in [-0.2, -0.15) is 0 Å². The second-order valence-electron chi connectivity index (χ2n) is 8.20. The van der Waals surface area contributed by atoms with Gasteiger partial charge >= 0.3 is 0 Å². The first-order valence-electron chi connectivity index (χ1n) is 11.0. The first-order chi connectivity index (χ1) is 14.5. The van der Waals surface area contributed by atoms with Crippen LogP contribution >= 0.6 is 0 Å². The summed E-state index contributed by atoms with van der Waals surface area (Å²) in [5, 5.41) is 8.75. The lowest BCUT2D eigenvalue weighted by Crippen LogP contribution is -2.59. The maximum absolute atomic E-state index is 13.8. The molecule has 1 aromatic heterocycles. The summed E-state index contributed by atoms with van der Waals surface area (Å²) in [6.07, 6.45) is 7.07. The van der Waals surface area contributed by atoms with Crippen LogP contribution < -0.4 is 20.9 Å². The fraction of sp³-hybridized carbons (Fsp3) is 0.636. The summed E-state index contributed by atoms with van der Waals surface area (Å²) < 4.78 is 0. The van der Waals surface area contributed by atoms with Gasteiger partial charge in [0.15, 0.2) is 0 Å². The number of rotatable bonds is 7. The van der Waals surface area contributed by atoms with Crippen molar-refractivity contribution in [2.45, 2.75) is 70.5 Å². The molecule has 3 atom stereocenters. The Balaban J connectivity index is 1.93. The molecule has 8 heteroatoms. The Labute approximate surface area is 178 Å². The van der Waals surface area contributed by atoms with Crippen LogP contribution in [0.2, 0.25) is 0 Å². The van der Waals surface area contributed by atoms with E-state index in [0.29, 0.717) is 18.8 Å². The van der Waals surface area contributed by atoms with Gasteiger partial charge in [0.2, 0.25) is 11.8 Å². The van der Waals surface area contributed by atoms with E-state index in [1.165, 1.54) is 4.90 Å². The fourth-order valence-electron chi connectivity index (χ4n) is 4.42. The molecule has 3 amide bonds. The molecule has 0 saturated heterocycles. The van der Waals surface area contributed by atoms with E-state index >= 15 is 0 Å². The van der Waals surface area contributed by atoms with E-state index in [0.717, 1.165) is 37.7 Å². The molecule has 0 radical (unpaired) electrons. The molecule has 1 aromatic rings. The third-order valence-electron chi connectivity index (χ3n) is 6.22. The molecule has 3 N–H and O–H groups in total. The summed E-state index contributed by atoms with van der Waals surface area (Å²) >= 11 is 0. The Morgan fingerprint density at radius 2 is 1.97 bits per heavy atom. The average Bonchev–Trinajstić information content (AvgIpc) is 3.16. The summed E-state index contributed by atoms with van der Waals surface area (Å²) in [7, 11) is 1.72. The highest BCUT2D eigenvalue weighted by Crippen LogP contribution is 2.34. The van der Waals surface area contributed by atoms with E-state index in [1.54, 1.807) is 20.2 Å². The van der Waals surface area contributed by atoms with Crippen LogP contribution in [-0.4, -0.2) is 54.4 Å². The molecule has 30 heavy (non-hydrogen) atoms. The number of aromatic nitrogens is 1. The number of carbonyl (C=O) groups excluding carboxylic acids is 3. The van der Waals surface area contributed by atoms with E-state index in [-0.39, 0.29) is 23.6 Å². The van der Waals surface area contributed by atoms with Gasteiger partial charge in [-0.25, -0.2) is 4.98 Å². The van der Waals surface area contributed by atoms with Crippen molar-refractivity contribution >= 4 is 23.5 Å². The van der Waals surface area contributed by atoms with Crippen molar-refractivity contribution < 1.29 is 14.4 Å².